The van der Waals surface area contributed by atoms with Gasteiger partial charge in [0.25, 0.3) is 17.1 Å². The Kier molecular flexibility index (Phi) is 4.10. The average molecular weight is 359 g/mol. The Morgan fingerprint density at radius 3 is 2.08 bits per heavy atom. The highest BCUT2D eigenvalue weighted by atomic mass is 16.6. The number of nitro groups is 3. The summed E-state index contributed by atoms with van der Waals surface area (Å²) in [6.45, 7) is 0. The number of nitro benzene ring substituents is 3. The smallest absolute Gasteiger partial charge is 0.258 e. The zero-order chi connectivity index (χ0) is 19.2. The van der Waals surface area contributed by atoms with E-state index in [-0.39, 0.29) is 11.3 Å². The molecule has 0 spiro atoms. The predicted octanol–water partition coefficient (Wildman–Crippen LogP) is 2.55. The lowest BCUT2D eigenvalue weighted by atomic mass is 10.0. The molecule has 0 fully saturated rings. The fraction of sp³-hybridized carbons (Fsp3) is 0.200. The van der Waals surface area contributed by atoms with E-state index in [4.69, 9.17) is 0 Å². The van der Waals surface area contributed by atoms with Gasteiger partial charge in [-0.1, -0.05) is 0 Å². The first-order valence-electron chi connectivity index (χ1n) is 7.42. The molecule has 0 saturated heterocycles. The van der Waals surface area contributed by atoms with Crippen LogP contribution in [-0.2, 0) is 0 Å². The van der Waals surface area contributed by atoms with Crippen molar-refractivity contribution in [3.05, 3.63) is 71.8 Å². The summed E-state index contributed by atoms with van der Waals surface area (Å²) < 4.78 is 0. The highest BCUT2D eigenvalue weighted by molar-refractivity contribution is 5.87. The number of nitrogens with one attached hydrogen (secondary N) is 1. The van der Waals surface area contributed by atoms with Crippen molar-refractivity contribution in [2.45, 2.75) is 6.04 Å². The van der Waals surface area contributed by atoms with Gasteiger partial charge in [-0.2, -0.15) is 0 Å². The van der Waals surface area contributed by atoms with Crippen molar-refractivity contribution < 1.29 is 14.8 Å². The monoisotopic (exact) mass is 359 g/mol. The van der Waals surface area contributed by atoms with Crippen LogP contribution >= 0.6 is 0 Å². The second kappa shape index (κ2) is 6.13. The highest BCUT2D eigenvalue weighted by Crippen LogP contribution is 2.51. The summed E-state index contributed by atoms with van der Waals surface area (Å²) in [5, 5.41) is 35.4. The van der Waals surface area contributed by atoms with Crippen LogP contribution in [0.2, 0.25) is 0 Å². The molecule has 0 saturated carbocycles. The Bertz CT molecular complexity index is 960. The Balaban J connectivity index is 2.37. The molecule has 0 aromatic heterocycles. The molecule has 11 nitrogen and oxygen atoms in total. The van der Waals surface area contributed by atoms with E-state index >= 15 is 0 Å². The van der Waals surface area contributed by atoms with E-state index in [9.17, 15) is 30.3 Å². The van der Waals surface area contributed by atoms with E-state index in [0.29, 0.717) is 16.7 Å². The summed E-state index contributed by atoms with van der Waals surface area (Å²) >= 11 is 0. The first kappa shape index (κ1) is 17.4. The van der Waals surface area contributed by atoms with E-state index < -0.39 is 32.2 Å². The molecule has 3 rings (SSSR count). The summed E-state index contributed by atoms with van der Waals surface area (Å²) in [5.41, 5.74) is 3.37. The Hall–Kier alpha value is -3.44. The zero-order valence-electron chi connectivity index (χ0n) is 13.7. The summed E-state index contributed by atoms with van der Waals surface area (Å²) in [5.74, 6) is 0. The van der Waals surface area contributed by atoms with Crippen LogP contribution in [0.25, 0.3) is 11.1 Å². The molecule has 1 N–H and O–H groups in total. The van der Waals surface area contributed by atoms with Crippen LogP contribution in [0, 0.1) is 30.3 Å². The van der Waals surface area contributed by atoms with Crippen LogP contribution in [0.3, 0.4) is 0 Å². The SMILES string of the molecule is CNN(C)[C@H]1c2cc([N+](=O)[O-])ccc2-c2c1cc([N+](=O)[O-])cc2[N+](=O)[O-]. The van der Waals surface area contributed by atoms with Crippen molar-refractivity contribution in [1.29, 1.82) is 0 Å². The molecule has 0 amide bonds. The molecule has 11 heteroatoms. The van der Waals surface area contributed by atoms with Crippen LogP contribution in [0.15, 0.2) is 30.3 Å². The Morgan fingerprint density at radius 1 is 0.923 bits per heavy atom. The predicted molar refractivity (Wildman–Crippen MR) is 90.5 cm³/mol. The maximum Gasteiger partial charge on any atom is 0.284 e. The number of nitrogens with zero attached hydrogens (tertiary/aromatic N) is 4. The summed E-state index contributed by atoms with van der Waals surface area (Å²) in [6.07, 6.45) is 0. The second-order valence-corrected chi connectivity index (χ2v) is 5.71. The molecule has 2 aromatic carbocycles. The minimum atomic E-state index is -0.699. The van der Waals surface area contributed by atoms with Gasteiger partial charge in [0.2, 0.25) is 0 Å². The molecule has 0 unspecified atom stereocenters. The van der Waals surface area contributed by atoms with Crippen molar-refractivity contribution >= 4 is 17.1 Å². The first-order chi connectivity index (χ1) is 12.3. The van der Waals surface area contributed by atoms with E-state index in [2.05, 4.69) is 5.43 Å². The zero-order valence-corrected chi connectivity index (χ0v) is 13.7. The van der Waals surface area contributed by atoms with Gasteiger partial charge in [-0.05, 0) is 29.8 Å². The third-order valence-electron chi connectivity index (χ3n) is 4.38. The molecule has 0 heterocycles. The van der Waals surface area contributed by atoms with Gasteiger partial charge in [0.05, 0.1) is 32.4 Å². The molecule has 2 aromatic rings. The number of non-ortho nitro benzene ring substituents is 2. The summed E-state index contributed by atoms with van der Waals surface area (Å²) in [7, 11) is 3.26. The largest absolute Gasteiger partial charge is 0.284 e. The van der Waals surface area contributed by atoms with Gasteiger partial charge < -0.3 is 0 Å². The van der Waals surface area contributed by atoms with Gasteiger partial charge in [0.1, 0.15) is 0 Å². The Labute approximate surface area is 146 Å². The normalized spacial score (nSPS) is 14.8. The van der Waals surface area contributed by atoms with E-state index in [1.165, 1.54) is 24.3 Å². The lowest BCUT2D eigenvalue weighted by molar-refractivity contribution is -0.393. The van der Waals surface area contributed by atoms with Crippen molar-refractivity contribution in [3.8, 4) is 11.1 Å². The van der Waals surface area contributed by atoms with E-state index in [1.807, 2.05) is 0 Å². The lowest BCUT2D eigenvalue weighted by Crippen LogP contribution is -2.34. The fourth-order valence-corrected chi connectivity index (χ4v) is 3.22. The quantitative estimate of drug-likeness (QED) is 0.633. The average Bonchev–Trinajstić information content (AvgIpc) is 2.93. The van der Waals surface area contributed by atoms with Crippen molar-refractivity contribution in [3.63, 3.8) is 0 Å². The topological polar surface area (TPSA) is 145 Å². The number of benzene rings is 2. The van der Waals surface area contributed by atoms with Crippen LogP contribution in [-0.4, -0.2) is 33.9 Å². The van der Waals surface area contributed by atoms with Gasteiger partial charge in [-0.15, -0.1) is 0 Å². The molecule has 1 atom stereocenters. The summed E-state index contributed by atoms with van der Waals surface area (Å²) in [6, 6.07) is 5.56. The molecule has 0 bridgehead atoms. The molecule has 0 aliphatic heterocycles. The lowest BCUT2D eigenvalue weighted by Gasteiger charge is -2.24. The molecular formula is C15H13N5O6. The van der Waals surface area contributed by atoms with E-state index in [1.54, 1.807) is 19.1 Å². The van der Waals surface area contributed by atoms with Crippen LogP contribution in [0.5, 0.6) is 0 Å². The molecule has 26 heavy (non-hydrogen) atoms. The third-order valence-corrected chi connectivity index (χ3v) is 4.38. The maximum atomic E-state index is 11.5. The fourth-order valence-electron chi connectivity index (χ4n) is 3.22. The van der Waals surface area contributed by atoms with Gasteiger partial charge in [0.15, 0.2) is 0 Å². The summed E-state index contributed by atoms with van der Waals surface area (Å²) in [4.78, 5) is 31.9. The Morgan fingerprint density at radius 2 is 1.54 bits per heavy atom. The second-order valence-electron chi connectivity index (χ2n) is 5.71. The van der Waals surface area contributed by atoms with E-state index in [0.717, 1.165) is 6.07 Å². The molecular weight excluding hydrogens is 346 g/mol. The first-order valence-corrected chi connectivity index (χ1v) is 7.42. The van der Waals surface area contributed by atoms with Gasteiger partial charge in [-0.3, -0.25) is 35.8 Å². The van der Waals surface area contributed by atoms with Crippen LogP contribution < -0.4 is 5.43 Å². The molecule has 0 radical (unpaired) electrons. The molecule has 1 aliphatic carbocycles. The van der Waals surface area contributed by atoms with Crippen molar-refractivity contribution in [2.24, 2.45) is 0 Å². The van der Waals surface area contributed by atoms with Gasteiger partial charge >= 0.3 is 0 Å². The highest BCUT2D eigenvalue weighted by Gasteiger charge is 2.39. The van der Waals surface area contributed by atoms with Gasteiger partial charge in [-0.25, -0.2) is 5.01 Å². The van der Waals surface area contributed by atoms with Crippen molar-refractivity contribution in [2.75, 3.05) is 14.1 Å². The number of hydrogen-bond acceptors (Lipinski definition) is 8. The minimum Gasteiger partial charge on any atom is -0.258 e. The molecule has 134 valence electrons. The van der Waals surface area contributed by atoms with Gasteiger partial charge in [0, 0.05) is 25.2 Å². The van der Waals surface area contributed by atoms with Crippen molar-refractivity contribution in [1.82, 2.24) is 10.4 Å². The number of hydrogen-bond donors (Lipinski definition) is 1. The standard InChI is InChI=1S/C15H13N5O6/c1-16-17(2)15-11-5-8(18(21)22)3-4-10(11)14-12(15)6-9(19(23)24)7-13(14)20(25)26/h3-7,15-16H,1-2H3/t15-/m0/s1. The molecule has 1 aliphatic rings. The third kappa shape index (κ3) is 2.55. The number of fused-ring (bicyclic) bond motifs is 3. The maximum absolute atomic E-state index is 11.5. The minimum absolute atomic E-state index is 0.164. The van der Waals surface area contributed by atoms with Crippen LogP contribution in [0.1, 0.15) is 17.2 Å². The number of rotatable bonds is 5. The number of hydrazine groups is 1. The van der Waals surface area contributed by atoms with Crippen LogP contribution in [0.4, 0.5) is 17.1 Å².